The number of hydrogen-bond acceptors (Lipinski definition) is 1. The van der Waals surface area contributed by atoms with E-state index in [2.05, 4.69) is 20.8 Å². The van der Waals surface area contributed by atoms with Crippen LogP contribution in [0.3, 0.4) is 0 Å². The monoisotopic (exact) mass is 244 g/mol. The van der Waals surface area contributed by atoms with Crippen LogP contribution in [0.15, 0.2) is 0 Å². The fraction of sp³-hybridized carbons (Fsp3) is 1.00. The van der Waals surface area contributed by atoms with E-state index < -0.39 is 5.85 Å². The summed E-state index contributed by atoms with van der Waals surface area (Å²) in [6, 6.07) is 0. The number of alkyl halides is 1. The highest BCUT2D eigenvalue weighted by Crippen LogP contribution is 2.45. The van der Waals surface area contributed by atoms with Crippen LogP contribution in [0.25, 0.3) is 0 Å². The summed E-state index contributed by atoms with van der Waals surface area (Å²) in [6.45, 7) is 10.2. The fourth-order valence-electron chi connectivity index (χ4n) is 3.20. The van der Waals surface area contributed by atoms with Crippen molar-refractivity contribution < 1.29 is 9.13 Å². The molecule has 1 fully saturated rings. The van der Waals surface area contributed by atoms with Gasteiger partial charge in [-0.15, -0.1) is 0 Å². The van der Waals surface area contributed by atoms with Gasteiger partial charge in [0.15, 0.2) is 0 Å². The van der Waals surface area contributed by atoms with Crippen LogP contribution < -0.4 is 0 Å². The molecular weight excluding hydrogens is 215 g/mol. The topological polar surface area (TPSA) is 9.23 Å². The molecular formula is C15H29FO. The second kappa shape index (κ2) is 6.17. The SMILES string of the molecule is CCCCC1OC(C)(F)C(C)C(CCC)C1C. The quantitative estimate of drug-likeness (QED) is 0.665. The summed E-state index contributed by atoms with van der Waals surface area (Å²) in [6.07, 6.45) is 5.66. The molecule has 17 heavy (non-hydrogen) atoms. The Bertz CT molecular complexity index is 227. The summed E-state index contributed by atoms with van der Waals surface area (Å²) in [4.78, 5) is 0. The van der Waals surface area contributed by atoms with Crippen LogP contribution in [0, 0.1) is 17.8 Å². The molecule has 1 heterocycles. The summed E-state index contributed by atoms with van der Waals surface area (Å²) in [5.41, 5.74) is 0. The summed E-state index contributed by atoms with van der Waals surface area (Å²) in [7, 11) is 0. The molecule has 0 spiro atoms. The average Bonchev–Trinajstić information content (AvgIpc) is 2.28. The first-order valence-electron chi connectivity index (χ1n) is 7.30. The molecule has 1 saturated heterocycles. The molecule has 0 bridgehead atoms. The normalized spacial score (nSPS) is 42.7. The predicted octanol–water partition coefficient (Wildman–Crippen LogP) is 4.95. The van der Waals surface area contributed by atoms with Gasteiger partial charge in [-0.2, -0.15) is 0 Å². The van der Waals surface area contributed by atoms with E-state index >= 15 is 0 Å². The van der Waals surface area contributed by atoms with E-state index in [0.29, 0.717) is 11.8 Å². The molecule has 0 amide bonds. The molecule has 0 aliphatic carbocycles. The first kappa shape index (κ1) is 14.9. The zero-order valence-corrected chi connectivity index (χ0v) is 12.1. The lowest BCUT2D eigenvalue weighted by atomic mass is 9.72. The molecule has 0 aromatic heterocycles. The molecule has 2 heteroatoms. The van der Waals surface area contributed by atoms with Gasteiger partial charge in [-0.1, -0.05) is 47.0 Å². The Kier molecular flexibility index (Phi) is 5.43. The summed E-state index contributed by atoms with van der Waals surface area (Å²) < 4.78 is 20.2. The first-order valence-corrected chi connectivity index (χ1v) is 7.30. The van der Waals surface area contributed by atoms with E-state index in [9.17, 15) is 4.39 Å². The predicted molar refractivity (Wildman–Crippen MR) is 70.6 cm³/mol. The first-order chi connectivity index (χ1) is 7.94. The van der Waals surface area contributed by atoms with Crippen molar-refractivity contribution in [1.82, 2.24) is 0 Å². The van der Waals surface area contributed by atoms with Gasteiger partial charge >= 0.3 is 0 Å². The maximum atomic E-state index is 14.5. The van der Waals surface area contributed by atoms with Gasteiger partial charge in [-0.25, -0.2) is 4.39 Å². The Morgan fingerprint density at radius 3 is 2.29 bits per heavy atom. The molecule has 5 atom stereocenters. The molecule has 1 nitrogen and oxygen atoms in total. The Balaban J connectivity index is 2.74. The van der Waals surface area contributed by atoms with Crippen molar-refractivity contribution >= 4 is 0 Å². The van der Waals surface area contributed by atoms with E-state index in [1.54, 1.807) is 6.92 Å². The number of rotatable bonds is 5. The van der Waals surface area contributed by atoms with Crippen molar-refractivity contribution in [2.45, 2.75) is 78.7 Å². The van der Waals surface area contributed by atoms with Crippen LogP contribution >= 0.6 is 0 Å². The van der Waals surface area contributed by atoms with E-state index in [4.69, 9.17) is 4.74 Å². The lowest BCUT2D eigenvalue weighted by molar-refractivity contribution is -0.261. The summed E-state index contributed by atoms with van der Waals surface area (Å²) in [5.74, 6) is -0.480. The van der Waals surface area contributed by atoms with Gasteiger partial charge in [0.05, 0.1) is 6.10 Å². The van der Waals surface area contributed by atoms with Gasteiger partial charge in [0.25, 0.3) is 0 Å². The Hall–Kier alpha value is -0.110. The van der Waals surface area contributed by atoms with E-state index in [0.717, 1.165) is 32.1 Å². The van der Waals surface area contributed by atoms with Crippen LogP contribution in [0.5, 0.6) is 0 Å². The van der Waals surface area contributed by atoms with Gasteiger partial charge in [-0.3, -0.25) is 0 Å². The molecule has 0 radical (unpaired) electrons. The highest BCUT2D eigenvalue weighted by atomic mass is 19.2. The molecule has 1 aliphatic rings. The second-order valence-corrected chi connectivity index (χ2v) is 5.88. The molecule has 5 unspecified atom stereocenters. The molecule has 0 aromatic carbocycles. The van der Waals surface area contributed by atoms with Crippen LogP contribution in [-0.4, -0.2) is 12.0 Å². The van der Waals surface area contributed by atoms with E-state index in [1.807, 2.05) is 6.92 Å². The summed E-state index contributed by atoms with van der Waals surface area (Å²) in [5, 5.41) is 0. The highest BCUT2D eigenvalue weighted by molar-refractivity contribution is 4.89. The fourth-order valence-corrected chi connectivity index (χ4v) is 3.20. The average molecular weight is 244 g/mol. The van der Waals surface area contributed by atoms with Gasteiger partial charge in [-0.05, 0) is 31.6 Å². The van der Waals surface area contributed by atoms with Crippen LogP contribution in [-0.2, 0) is 4.74 Å². The zero-order chi connectivity index (χ0) is 13.1. The number of hydrogen-bond donors (Lipinski definition) is 0. The van der Waals surface area contributed by atoms with Crippen LogP contribution in [0.4, 0.5) is 4.39 Å². The number of unbranched alkanes of at least 4 members (excludes halogenated alkanes) is 1. The molecule has 1 aliphatic heterocycles. The largest absolute Gasteiger partial charge is 0.342 e. The van der Waals surface area contributed by atoms with Gasteiger partial charge in [0, 0.05) is 5.92 Å². The van der Waals surface area contributed by atoms with Crippen molar-refractivity contribution in [3.8, 4) is 0 Å². The number of halogens is 1. The van der Waals surface area contributed by atoms with E-state index in [1.165, 1.54) is 0 Å². The van der Waals surface area contributed by atoms with Crippen LogP contribution in [0.2, 0.25) is 0 Å². The Labute approximate surface area is 106 Å². The third kappa shape index (κ3) is 3.43. The smallest absolute Gasteiger partial charge is 0.209 e. The van der Waals surface area contributed by atoms with Crippen molar-refractivity contribution in [3.63, 3.8) is 0 Å². The maximum absolute atomic E-state index is 14.5. The van der Waals surface area contributed by atoms with E-state index in [-0.39, 0.29) is 12.0 Å². The van der Waals surface area contributed by atoms with Gasteiger partial charge in [0.2, 0.25) is 5.85 Å². The Morgan fingerprint density at radius 2 is 1.76 bits per heavy atom. The van der Waals surface area contributed by atoms with Crippen molar-refractivity contribution in [1.29, 1.82) is 0 Å². The summed E-state index contributed by atoms with van der Waals surface area (Å²) >= 11 is 0. The molecule has 0 N–H and O–H groups in total. The maximum Gasteiger partial charge on any atom is 0.209 e. The van der Waals surface area contributed by atoms with Crippen molar-refractivity contribution in [2.24, 2.45) is 17.8 Å². The molecule has 102 valence electrons. The third-order valence-corrected chi connectivity index (χ3v) is 4.56. The minimum absolute atomic E-state index is 0.00956. The lowest BCUT2D eigenvalue weighted by Crippen LogP contribution is -2.50. The van der Waals surface area contributed by atoms with Crippen molar-refractivity contribution in [2.75, 3.05) is 0 Å². The second-order valence-electron chi connectivity index (χ2n) is 5.88. The number of ether oxygens (including phenoxy) is 1. The van der Waals surface area contributed by atoms with Gasteiger partial charge < -0.3 is 4.74 Å². The standard InChI is InChI=1S/C15H29FO/c1-6-8-10-14-11(3)13(9-7-2)12(4)15(5,16)17-14/h11-14H,6-10H2,1-5H3. The third-order valence-electron chi connectivity index (χ3n) is 4.56. The minimum Gasteiger partial charge on any atom is -0.342 e. The molecule has 0 aromatic rings. The molecule has 1 rings (SSSR count). The van der Waals surface area contributed by atoms with Crippen molar-refractivity contribution in [3.05, 3.63) is 0 Å². The highest BCUT2D eigenvalue weighted by Gasteiger charge is 2.47. The minimum atomic E-state index is -1.44. The van der Waals surface area contributed by atoms with Crippen LogP contribution in [0.1, 0.15) is 66.7 Å². The Morgan fingerprint density at radius 1 is 1.12 bits per heavy atom. The van der Waals surface area contributed by atoms with Gasteiger partial charge in [0.1, 0.15) is 0 Å². The lowest BCUT2D eigenvalue weighted by Gasteiger charge is -2.47. The molecule has 0 saturated carbocycles. The zero-order valence-electron chi connectivity index (χ0n) is 12.1.